The summed E-state index contributed by atoms with van der Waals surface area (Å²) in [6.07, 6.45) is 3.45. The second-order valence-corrected chi connectivity index (χ2v) is 5.93. The summed E-state index contributed by atoms with van der Waals surface area (Å²) in [5, 5.41) is 10.7. The smallest absolute Gasteiger partial charge is 0.274 e. The molecule has 0 aliphatic heterocycles. The van der Waals surface area contributed by atoms with Crippen LogP contribution in [0.5, 0.6) is 5.75 Å². The highest BCUT2D eigenvalue weighted by molar-refractivity contribution is 9.10. The number of nitrogens with zero attached hydrogens (tertiary/aromatic N) is 1. The Morgan fingerprint density at radius 3 is 2.67 bits per heavy atom. The van der Waals surface area contributed by atoms with Crippen molar-refractivity contribution in [1.82, 2.24) is 0 Å². The minimum atomic E-state index is -0.421. The third-order valence-corrected chi connectivity index (χ3v) is 4.49. The van der Waals surface area contributed by atoms with Gasteiger partial charge in [0.25, 0.3) is 5.69 Å². The summed E-state index contributed by atoms with van der Waals surface area (Å²) in [6.45, 7) is 0.574. The lowest BCUT2D eigenvalue weighted by Crippen LogP contribution is -2.37. The lowest BCUT2D eigenvalue weighted by molar-refractivity contribution is -0.385. The van der Waals surface area contributed by atoms with E-state index in [2.05, 4.69) is 28.6 Å². The van der Waals surface area contributed by atoms with Crippen LogP contribution in [-0.4, -0.2) is 17.3 Å². The Bertz CT molecular complexity index is 457. The van der Waals surface area contributed by atoms with Gasteiger partial charge in [-0.25, -0.2) is 0 Å². The second kappa shape index (κ2) is 5.48. The number of halogens is 1. The molecular formula is C12H14BrNO3S. The predicted octanol–water partition coefficient (Wildman–Crippen LogP) is 3.84. The van der Waals surface area contributed by atoms with Crippen molar-refractivity contribution >= 4 is 34.2 Å². The molecule has 1 aromatic rings. The van der Waals surface area contributed by atoms with E-state index in [1.807, 2.05) is 0 Å². The van der Waals surface area contributed by atoms with Crippen molar-refractivity contribution in [3.63, 3.8) is 0 Å². The van der Waals surface area contributed by atoms with Crippen LogP contribution in [0.4, 0.5) is 5.69 Å². The average Bonchev–Trinajstić information content (AvgIpc) is 2.27. The van der Waals surface area contributed by atoms with Gasteiger partial charge in [-0.3, -0.25) is 10.1 Å². The zero-order valence-electron chi connectivity index (χ0n) is 9.76. The fourth-order valence-corrected chi connectivity index (χ4v) is 2.87. The molecule has 6 heteroatoms. The molecule has 1 aromatic carbocycles. The highest BCUT2D eigenvalue weighted by atomic mass is 79.9. The van der Waals surface area contributed by atoms with Crippen molar-refractivity contribution in [2.45, 2.75) is 19.3 Å². The Hall–Kier alpha value is -0.750. The summed E-state index contributed by atoms with van der Waals surface area (Å²) < 4.78 is 6.35. The van der Waals surface area contributed by atoms with Crippen LogP contribution >= 0.6 is 28.6 Å². The van der Waals surface area contributed by atoms with E-state index in [1.54, 1.807) is 6.07 Å². The van der Waals surface area contributed by atoms with Gasteiger partial charge < -0.3 is 4.74 Å². The number of benzene rings is 1. The monoisotopic (exact) mass is 331 g/mol. The number of hydrogen-bond donors (Lipinski definition) is 1. The van der Waals surface area contributed by atoms with Gasteiger partial charge in [0.05, 0.1) is 17.6 Å². The van der Waals surface area contributed by atoms with Gasteiger partial charge in [-0.05, 0) is 24.7 Å². The standard InChI is InChI=1S/C12H14BrNO3S/c13-9-4-10(14(15)16)6-11(5-9)17-7-12(8-18)2-1-3-12/h4-6,18H,1-3,7-8H2. The van der Waals surface area contributed by atoms with Crippen LogP contribution < -0.4 is 4.74 Å². The molecule has 0 N–H and O–H groups in total. The van der Waals surface area contributed by atoms with Crippen molar-refractivity contribution < 1.29 is 9.66 Å². The number of nitro benzene ring substituents is 1. The van der Waals surface area contributed by atoms with Crippen LogP contribution in [-0.2, 0) is 0 Å². The lowest BCUT2D eigenvalue weighted by Gasteiger charge is -2.40. The fraction of sp³-hybridized carbons (Fsp3) is 0.500. The maximum absolute atomic E-state index is 10.7. The minimum Gasteiger partial charge on any atom is -0.493 e. The second-order valence-electron chi connectivity index (χ2n) is 4.70. The Kier molecular flexibility index (Phi) is 4.17. The van der Waals surface area contributed by atoms with Crippen LogP contribution in [0.1, 0.15) is 19.3 Å². The number of rotatable bonds is 5. The molecule has 18 heavy (non-hydrogen) atoms. The quantitative estimate of drug-likeness (QED) is 0.506. The lowest BCUT2D eigenvalue weighted by atomic mass is 9.71. The molecule has 0 bridgehead atoms. The number of non-ortho nitro benzene ring substituents is 1. The normalized spacial score (nSPS) is 17.0. The first-order valence-electron chi connectivity index (χ1n) is 5.73. The molecule has 0 heterocycles. The summed E-state index contributed by atoms with van der Waals surface area (Å²) in [7, 11) is 0. The molecule has 0 spiro atoms. The summed E-state index contributed by atoms with van der Waals surface area (Å²) in [5.74, 6) is 1.33. The van der Waals surface area contributed by atoms with Crippen molar-refractivity contribution in [2.75, 3.05) is 12.4 Å². The minimum absolute atomic E-state index is 0.0351. The van der Waals surface area contributed by atoms with Gasteiger partial charge in [0.15, 0.2) is 0 Å². The van der Waals surface area contributed by atoms with Crippen molar-refractivity contribution in [2.24, 2.45) is 5.41 Å². The van der Waals surface area contributed by atoms with E-state index in [4.69, 9.17) is 4.74 Å². The van der Waals surface area contributed by atoms with Gasteiger partial charge in [0.1, 0.15) is 5.75 Å². The fourth-order valence-electron chi connectivity index (χ4n) is 2.00. The Labute approximate surface area is 119 Å². The summed E-state index contributed by atoms with van der Waals surface area (Å²) in [4.78, 5) is 10.3. The zero-order chi connectivity index (χ0) is 13.2. The Morgan fingerprint density at radius 1 is 1.44 bits per heavy atom. The Morgan fingerprint density at radius 2 is 2.17 bits per heavy atom. The molecule has 0 aromatic heterocycles. The molecule has 98 valence electrons. The highest BCUT2D eigenvalue weighted by Crippen LogP contribution is 2.42. The van der Waals surface area contributed by atoms with Crippen LogP contribution in [0.3, 0.4) is 0 Å². The van der Waals surface area contributed by atoms with Gasteiger partial charge in [0, 0.05) is 16.0 Å². The molecule has 0 atom stereocenters. The van der Waals surface area contributed by atoms with Crippen LogP contribution in [0, 0.1) is 15.5 Å². The first-order valence-corrected chi connectivity index (χ1v) is 7.16. The van der Waals surface area contributed by atoms with Crippen molar-refractivity contribution in [1.29, 1.82) is 0 Å². The number of hydrogen-bond acceptors (Lipinski definition) is 4. The first kappa shape index (κ1) is 13.7. The molecular weight excluding hydrogens is 318 g/mol. The molecule has 0 unspecified atom stereocenters. The van der Waals surface area contributed by atoms with Crippen molar-refractivity contribution in [3.05, 3.63) is 32.8 Å². The summed E-state index contributed by atoms with van der Waals surface area (Å²) >= 11 is 7.61. The molecule has 0 amide bonds. The van der Waals surface area contributed by atoms with Crippen molar-refractivity contribution in [3.8, 4) is 5.75 Å². The predicted molar refractivity (Wildman–Crippen MR) is 76.4 cm³/mol. The van der Waals surface area contributed by atoms with E-state index in [0.29, 0.717) is 16.8 Å². The number of ether oxygens (including phenoxy) is 1. The van der Waals surface area contributed by atoms with E-state index in [-0.39, 0.29) is 11.1 Å². The molecule has 1 aliphatic carbocycles. The van der Waals surface area contributed by atoms with Gasteiger partial charge in [-0.15, -0.1) is 0 Å². The van der Waals surface area contributed by atoms with Gasteiger partial charge in [-0.1, -0.05) is 22.4 Å². The van der Waals surface area contributed by atoms with Gasteiger partial charge >= 0.3 is 0 Å². The van der Waals surface area contributed by atoms with E-state index < -0.39 is 4.92 Å². The van der Waals surface area contributed by atoms with E-state index in [1.165, 1.54) is 18.6 Å². The molecule has 1 saturated carbocycles. The van der Waals surface area contributed by atoms with Gasteiger partial charge in [0.2, 0.25) is 0 Å². The third kappa shape index (κ3) is 2.98. The topological polar surface area (TPSA) is 52.4 Å². The van der Waals surface area contributed by atoms with Crippen LogP contribution in [0.15, 0.2) is 22.7 Å². The van der Waals surface area contributed by atoms with E-state index in [9.17, 15) is 10.1 Å². The molecule has 1 fully saturated rings. The summed E-state index contributed by atoms with van der Waals surface area (Å²) in [6, 6.07) is 4.66. The van der Waals surface area contributed by atoms with E-state index >= 15 is 0 Å². The molecule has 4 nitrogen and oxygen atoms in total. The average molecular weight is 332 g/mol. The number of nitro groups is 1. The molecule has 0 radical (unpaired) electrons. The summed E-state index contributed by atoms with van der Waals surface area (Å²) in [5.41, 5.74) is 0.188. The maximum atomic E-state index is 10.7. The molecule has 0 saturated heterocycles. The number of thiol groups is 1. The maximum Gasteiger partial charge on any atom is 0.274 e. The van der Waals surface area contributed by atoms with Gasteiger partial charge in [-0.2, -0.15) is 12.6 Å². The third-order valence-electron chi connectivity index (χ3n) is 3.36. The van der Waals surface area contributed by atoms with Crippen LogP contribution in [0.2, 0.25) is 0 Å². The first-order chi connectivity index (χ1) is 8.54. The van der Waals surface area contributed by atoms with Crippen LogP contribution in [0.25, 0.3) is 0 Å². The highest BCUT2D eigenvalue weighted by Gasteiger charge is 2.36. The Balaban J connectivity index is 2.07. The largest absolute Gasteiger partial charge is 0.493 e. The zero-order valence-corrected chi connectivity index (χ0v) is 12.2. The van der Waals surface area contributed by atoms with E-state index in [0.717, 1.165) is 18.6 Å². The molecule has 1 aliphatic rings. The SMILES string of the molecule is O=[N+]([O-])c1cc(Br)cc(OCC2(CS)CCC2)c1. The molecule has 2 rings (SSSR count).